The number of carbonyl (C=O) groups is 1. The Labute approximate surface area is 123 Å². The van der Waals surface area contributed by atoms with Crippen LogP contribution in [0.4, 0.5) is 0 Å². The van der Waals surface area contributed by atoms with Crippen molar-refractivity contribution in [2.45, 2.75) is 4.90 Å². The van der Waals surface area contributed by atoms with Crippen molar-refractivity contribution >= 4 is 15.8 Å². The maximum Gasteiger partial charge on any atom is 0.341 e. The third-order valence-corrected chi connectivity index (χ3v) is 4.18. The van der Waals surface area contributed by atoms with Gasteiger partial charge in [0.1, 0.15) is 11.3 Å². The van der Waals surface area contributed by atoms with Crippen LogP contribution >= 0.6 is 0 Å². The van der Waals surface area contributed by atoms with Crippen LogP contribution in [0, 0.1) is 0 Å². The van der Waals surface area contributed by atoms with E-state index in [4.69, 9.17) is 4.74 Å². The molecule has 21 heavy (non-hydrogen) atoms. The first-order valence-corrected chi connectivity index (χ1v) is 7.78. The van der Waals surface area contributed by atoms with Crippen LogP contribution in [0.3, 0.4) is 0 Å². The molecule has 0 aliphatic heterocycles. The summed E-state index contributed by atoms with van der Waals surface area (Å²) in [5.41, 5.74) is 0.184. The van der Waals surface area contributed by atoms with Gasteiger partial charge in [-0.05, 0) is 24.3 Å². The SMILES string of the molecule is COC(=O)c1ccccc1OCS(=O)(=O)c1ccccc1. The Morgan fingerprint density at radius 2 is 1.62 bits per heavy atom. The molecule has 2 aromatic carbocycles. The number of hydrogen-bond donors (Lipinski definition) is 0. The minimum absolute atomic E-state index is 0.167. The number of carbonyl (C=O) groups excluding carboxylic acids is 1. The molecular weight excluding hydrogens is 292 g/mol. The fraction of sp³-hybridized carbons (Fsp3) is 0.133. The van der Waals surface area contributed by atoms with E-state index >= 15 is 0 Å². The quantitative estimate of drug-likeness (QED) is 0.793. The standard InChI is InChI=1S/C15H14O5S/c1-19-15(16)13-9-5-6-10-14(13)20-11-21(17,18)12-7-3-2-4-8-12/h2-10H,11H2,1H3. The molecular formula is C15H14O5S. The smallest absolute Gasteiger partial charge is 0.341 e. The van der Waals surface area contributed by atoms with Crippen molar-refractivity contribution in [3.8, 4) is 5.75 Å². The molecule has 0 atom stereocenters. The van der Waals surface area contributed by atoms with Crippen molar-refractivity contribution in [1.82, 2.24) is 0 Å². The van der Waals surface area contributed by atoms with Gasteiger partial charge in [-0.1, -0.05) is 30.3 Å². The van der Waals surface area contributed by atoms with Crippen LogP contribution in [0.1, 0.15) is 10.4 Å². The number of esters is 1. The fourth-order valence-corrected chi connectivity index (χ4v) is 2.70. The molecule has 2 aromatic rings. The molecule has 0 spiro atoms. The van der Waals surface area contributed by atoms with Crippen LogP contribution in [0.2, 0.25) is 0 Å². The largest absolute Gasteiger partial charge is 0.476 e. The van der Waals surface area contributed by atoms with E-state index in [2.05, 4.69) is 4.74 Å². The lowest BCUT2D eigenvalue weighted by Gasteiger charge is -2.10. The molecule has 0 heterocycles. The monoisotopic (exact) mass is 306 g/mol. The van der Waals surface area contributed by atoms with E-state index < -0.39 is 21.7 Å². The van der Waals surface area contributed by atoms with E-state index in [-0.39, 0.29) is 16.2 Å². The second kappa shape index (κ2) is 6.41. The number of methoxy groups -OCH3 is 1. The van der Waals surface area contributed by atoms with Crippen LogP contribution in [0.25, 0.3) is 0 Å². The molecule has 110 valence electrons. The third kappa shape index (κ3) is 3.61. The van der Waals surface area contributed by atoms with E-state index in [0.717, 1.165) is 0 Å². The van der Waals surface area contributed by atoms with E-state index in [1.807, 2.05) is 0 Å². The van der Waals surface area contributed by atoms with Crippen LogP contribution in [0.5, 0.6) is 5.75 Å². The Hall–Kier alpha value is -2.34. The van der Waals surface area contributed by atoms with Crippen molar-refractivity contribution in [1.29, 1.82) is 0 Å². The Morgan fingerprint density at radius 1 is 1.00 bits per heavy atom. The Bertz CT molecular complexity index is 723. The van der Waals surface area contributed by atoms with E-state index in [0.29, 0.717) is 0 Å². The first kappa shape index (κ1) is 15.1. The Balaban J connectivity index is 2.19. The van der Waals surface area contributed by atoms with Crippen molar-refractivity contribution in [2.24, 2.45) is 0 Å². The Kier molecular flexibility index (Phi) is 4.59. The summed E-state index contributed by atoms with van der Waals surface area (Å²) in [6.45, 7) is 0. The first-order chi connectivity index (χ1) is 10.0. The number of hydrogen-bond acceptors (Lipinski definition) is 5. The van der Waals surface area contributed by atoms with Crippen molar-refractivity contribution in [2.75, 3.05) is 13.0 Å². The minimum atomic E-state index is -3.58. The maximum atomic E-state index is 12.1. The third-order valence-electron chi connectivity index (χ3n) is 2.76. The summed E-state index contributed by atoms with van der Waals surface area (Å²) < 4.78 is 34.1. The van der Waals surface area contributed by atoms with Gasteiger partial charge in [0.15, 0.2) is 5.94 Å². The van der Waals surface area contributed by atoms with E-state index in [9.17, 15) is 13.2 Å². The Morgan fingerprint density at radius 3 is 2.29 bits per heavy atom. The number of para-hydroxylation sites is 1. The topological polar surface area (TPSA) is 69.7 Å². The molecule has 6 heteroatoms. The predicted molar refractivity (Wildman–Crippen MR) is 76.9 cm³/mol. The molecule has 0 aliphatic carbocycles. The molecule has 0 radical (unpaired) electrons. The molecule has 0 amide bonds. The first-order valence-electron chi connectivity index (χ1n) is 6.12. The molecule has 0 fully saturated rings. The van der Waals surface area contributed by atoms with Crippen molar-refractivity contribution < 1.29 is 22.7 Å². The summed E-state index contributed by atoms with van der Waals surface area (Å²) in [5.74, 6) is -0.961. The molecule has 0 N–H and O–H groups in total. The fourth-order valence-electron chi connectivity index (χ4n) is 1.71. The summed E-state index contributed by atoms with van der Waals surface area (Å²) >= 11 is 0. The molecule has 0 saturated carbocycles. The second-order valence-corrected chi connectivity index (χ2v) is 6.11. The van der Waals surface area contributed by atoms with Crippen molar-refractivity contribution in [3.63, 3.8) is 0 Å². The number of ether oxygens (including phenoxy) is 2. The van der Waals surface area contributed by atoms with Crippen molar-refractivity contribution in [3.05, 3.63) is 60.2 Å². The summed E-state index contributed by atoms with van der Waals surface area (Å²) in [5, 5.41) is 0. The highest BCUT2D eigenvalue weighted by Gasteiger charge is 2.18. The molecule has 0 saturated heterocycles. The van der Waals surface area contributed by atoms with Gasteiger partial charge in [0, 0.05) is 0 Å². The number of sulfone groups is 1. The highest BCUT2D eigenvalue weighted by atomic mass is 32.2. The summed E-state index contributed by atoms with van der Waals surface area (Å²) in [7, 11) is -2.33. The molecule has 0 aliphatic rings. The van der Waals surface area contributed by atoms with Crippen LogP contribution in [0.15, 0.2) is 59.5 Å². The van der Waals surface area contributed by atoms with Gasteiger partial charge in [0.25, 0.3) is 0 Å². The van der Waals surface area contributed by atoms with Gasteiger partial charge in [-0.2, -0.15) is 0 Å². The average Bonchev–Trinajstić information content (AvgIpc) is 2.53. The second-order valence-electron chi connectivity index (χ2n) is 4.18. The van der Waals surface area contributed by atoms with Gasteiger partial charge in [-0.3, -0.25) is 0 Å². The van der Waals surface area contributed by atoms with Gasteiger partial charge in [0.2, 0.25) is 9.84 Å². The summed E-state index contributed by atoms with van der Waals surface area (Å²) in [6.07, 6.45) is 0. The lowest BCUT2D eigenvalue weighted by molar-refractivity contribution is 0.0596. The van der Waals surface area contributed by atoms with Crippen LogP contribution in [-0.2, 0) is 14.6 Å². The van der Waals surface area contributed by atoms with Gasteiger partial charge in [0.05, 0.1) is 12.0 Å². The molecule has 0 unspecified atom stereocenters. The molecule has 0 aromatic heterocycles. The maximum absolute atomic E-state index is 12.1. The summed E-state index contributed by atoms with van der Waals surface area (Å²) in [4.78, 5) is 11.7. The normalized spacial score (nSPS) is 10.9. The zero-order valence-corrected chi connectivity index (χ0v) is 12.2. The highest BCUT2D eigenvalue weighted by Crippen LogP contribution is 2.20. The molecule has 5 nitrogen and oxygen atoms in total. The molecule has 0 bridgehead atoms. The van der Waals surface area contributed by atoms with Gasteiger partial charge in [-0.15, -0.1) is 0 Å². The minimum Gasteiger partial charge on any atom is -0.476 e. The van der Waals surface area contributed by atoms with E-state index in [1.165, 1.54) is 31.4 Å². The predicted octanol–water partition coefficient (Wildman–Crippen LogP) is 2.28. The average molecular weight is 306 g/mol. The highest BCUT2D eigenvalue weighted by molar-refractivity contribution is 7.91. The number of benzene rings is 2. The van der Waals surface area contributed by atoms with E-state index in [1.54, 1.807) is 30.3 Å². The van der Waals surface area contributed by atoms with Crippen LogP contribution < -0.4 is 4.74 Å². The van der Waals surface area contributed by atoms with Gasteiger partial charge in [-0.25, -0.2) is 13.2 Å². The van der Waals surface area contributed by atoms with Gasteiger partial charge >= 0.3 is 5.97 Å². The molecule has 2 rings (SSSR count). The zero-order valence-electron chi connectivity index (χ0n) is 11.4. The number of rotatable bonds is 5. The lowest BCUT2D eigenvalue weighted by atomic mass is 10.2. The zero-order chi connectivity index (χ0) is 15.3. The summed E-state index contributed by atoms with van der Waals surface area (Å²) in [6, 6.07) is 14.3. The van der Waals surface area contributed by atoms with Gasteiger partial charge < -0.3 is 9.47 Å². The lowest BCUT2D eigenvalue weighted by Crippen LogP contribution is -2.14. The van der Waals surface area contributed by atoms with Crippen LogP contribution in [-0.4, -0.2) is 27.4 Å².